The third kappa shape index (κ3) is 1.57. The van der Waals surface area contributed by atoms with E-state index in [2.05, 4.69) is 12.1 Å². The molecule has 0 radical (unpaired) electrons. The summed E-state index contributed by atoms with van der Waals surface area (Å²) in [6.07, 6.45) is 0.910. The van der Waals surface area contributed by atoms with Crippen molar-refractivity contribution >= 4 is 5.71 Å². The van der Waals surface area contributed by atoms with E-state index in [9.17, 15) is 5.21 Å². The third-order valence-corrected chi connectivity index (χ3v) is 2.62. The van der Waals surface area contributed by atoms with Crippen LogP contribution in [0.4, 0.5) is 0 Å². The SMILES string of the molecule is CC1=[N+]([O-])CC(c2ccccc2)C1. The van der Waals surface area contributed by atoms with Crippen molar-refractivity contribution in [2.24, 2.45) is 0 Å². The number of hydrogen-bond donors (Lipinski definition) is 0. The van der Waals surface area contributed by atoms with Crippen LogP contribution in [0.2, 0.25) is 0 Å². The van der Waals surface area contributed by atoms with Crippen molar-refractivity contribution in [3.05, 3.63) is 41.1 Å². The Hall–Kier alpha value is -1.31. The van der Waals surface area contributed by atoms with E-state index in [1.165, 1.54) is 5.56 Å². The van der Waals surface area contributed by atoms with Crippen LogP contribution in [0.5, 0.6) is 0 Å². The molecule has 1 aliphatic heterocycles. The number of nitrogens with zero attached hydrogens (tertiary/aromatic N) is 1. The first-order valence-electron chi connectivity index (χ1n) is 4.59. The van der Waals surface area contributed by atoms with Gasteiger partial charge in [0.05, 0.1) is 5.92 Å². The van der Waals surface area contributed by atoms with Crippen molar-refractivity contribution in [2.45, 2.75) is 19.3 Å². The van der Waals surface area contributed by atoms with Crippen molar-refractivity contribution in [1.82, 2.24) is 0 Å². The molecular formula is C11H13NO. The molecule has 13 heavy (non-hydrogen) atoms. The van der Waals surface area contributed by atoms with Crippen LogP contribution in [-0.2, 0) is 0 Å². The van der Waals surface area contributed by atoms with Gasteiger partial charge in [-0.2, -0.15) is 0 Å². The fourth-order valence-corrected chi connectivity index (χ4v) is 1.83. The molecule has 0 aromatic heterocycles. The zero-order chi connectivity index (χ0) is 9.26. The summed E-state index contributed by atoms with van der Waals surface area (Å²) in [5, 5.41) is 11.2. The summed E-state index contributed by atoms with van der Waals surface area (Å²) in [6, 6.07) is 10.2. The molecule has 0 aliphatic carbocycles. The van der Waals surface area contributed by atoms with Gasteiger partial charge >= 0.3 is 0 Å². The summed E-state index contributed by atoms with van der Waals surface area (Å²) in [5.74, 6) is 0.402. The van der Waals surface area contributed by atoms with Crippen molar-refractivity contribution in [3.8, 4) is 0 Å². The Morgan fingerprint density at radius 2 is 2.00 bits per heavy atom. The van der Waals surface area contributed by atoms with Gasteiger partial charge in [-0.25, -0.2) is 4.74 Å². The van der Waals surface area contributed by atoms with Gasteiger partial charge in [-0.3, -0.25) is 0 Å². The molecule has 0 fully saturated rings. The van der Waals surface area contributed by atoms with E-state index in [0.717, 1.165) is 16.9 Å². The zero-order valence-electron chi connectivity index (χ0n) is 7.73. The minimum Gasteiger partial charge on any atom is -0.624 e. The maximum Gasteiger partial charge on any atom is 0.161 e. The van der Waals surface area contributed by atoms with Gasteiger partial charge in [-0.05, 0) is 5.56 Å². The Balaban J connectivity index is 2.16. The lowest BCUT2D eigenvalue weighted by Crippen LogP contribution is -2.05. The Bertz CT molecular complexity index is 315. The number of hydroxylamine groups is 1. The van der Waals surface area contributed by atoms with E-state index in [0.29, 0.717) is 12.5 Å². The van der Waals surface area contributed by atoms with Crippen LogP contribution in [0, 0.1) is 5.21 Å². The van der Waals surface area contributed by atoms with Gasteiger partial charge in [-0.1, -0.05) is 30.3 Å². The Morgan fingerprint density at radius 1 is 1.31 bits per heavy atom. The lowest BCUT2D eigenvalue weighted by molar-refractivity contribution is -0.451. The predicted molar refractivity (Wildman–Crippen MR) is 53.0 cm³/mol. The fourth-order valence-electron chi connectivity index (χ4n) is 1.83. The zero-order valence-corrected chi connectivity index (χ0v) is 7.73. The highest BCUT2D eigenvalue weighted by Gasteiger charge is 2.25. The number of rotatable bonds is 1. The van der Waals surface area contributed by atoms with Crippen LogP contribution in [0.1, 0.15) is 24.8 Å². The molecule has 68 valence electrons. The number of benzene rings is 1. The van der Waals surface area contributed by atoms with Crippen molar-refractivity contribution in [1.29, 1.82) is 0 Å². The Labute approximate surface area is 78.1 Å². The smallest absolute Gasteiger partial charge is 0.161 e. The fraction of sp³-hybridized carbons (Fsp3) is 0.364. The minimum absolute atomic E-state index is 0.402. The van der Waals surface area contributed by atoms with Gasteiger partial charge in [-0.15, -0.1) is 0 Å². The van der Waals surface area contributed by atoms with E-state index in [1.54, 1.807) is 0 Å². The van der Waals surface area contributed by atoms with Gasteiger partial charge in [0.25, 0.3) is 0 Å². The van der Waals surface area contributed by atoms with E-state index in [1.807, 2.05) is 25.1 Å². The lowest BCUT2D eigenvalue weighted by atomic mass is 9.97. The maximum atomic E-state index is 11.2. The standard InChI is InChI=1S/C11H13NO/c1-9-7-11(8-12(9)13)10-5-3-2-4-6-10/h2-6,11H,7-8H2,1H3. The van der Waals surface area contributed by atoms with Gasteiger partial charge in [0, 0.05) is 13.3 Å². The van der Waals surface area contributed by atoms with E-state index < -0.39 is 0 Å². The molecule has 2 rings (SSSR count). The van der Waals surface area contributed by atoms with Crippen LogP contribution in [0.3, 0.4) is 0 Å². The molecule has 1 aromatic carbocycles. The highest BCUT2D eigenvalue weighted by molar-refractivity contribution is 5.79. The van der Waals surface area contributed by atoms with Crippen LogP contribution in [0.25, 0.3) is 0 Å². The molecule has 1 unspecified atom stereocenters. The average Bonchev–Trinajstić information content (AvgIpc) is 2.49. The lowest BCUT2D eigenvalue weighted by Gasteiger charge is -2.06. The van der Waals surface area contributed by atoms with Crippen LogP contribution in [0.15, 0.2) is 30.3 Å². The van der Waals surface area contributed by atoms with Crippen LogP contribution in [-0.4, -0.2) is 17.0 Å². The van der Waals surface area contributed by atoms with E-state index >= 15 is 0 Å². The molecule has 0 amide bonds. The van der Waals surface area contributed by atoms with Gasteiger partial charge in [0.2, 0.25) is 0 Å². The normalized spacial score (nSPS) is 22.4. The molecule has 1 aromatic rings. The van der Waals surface area contributed by atoms with E-state index in [-0.39, 0.29) is 0 Å². The van der Waals surface area contributed by atoms with Crippen molar-refractivity contribution < 1.29 is 4.74 Å². The molecule has 0 bridgehead atoms. The molecule has 2 nitrogen and oxygen atoms in total. The second-order valence-electron chi connectivity index (χ2n) is 3.61. The highest BCUT2D eigenvalue weighted by Crippen LogP contribution is 2.24. The van der Waals surface area contributed by atoms with E-state index in [4.69, 9.17) is 0 Å². The van der Waals surface area contributed by atoms with Gasteiger partial charge in [0.1, 0.15) is 0 Å². The molecule has 0 spiro atoms. The van der Waals surface area contributed by atoms with Crippen molar-refractivity contribution in [3.63, 3.8) is 0 Å². The topological polar surface area (TPSA) is 26.1 Å². The van der Waals surface area contributed by atoms with Crippen LogP contribution < -0.4 is 0 Å². The third-order valence-electron chi connectivity index (χ3n) is 2.62. The maximum absolute atomic E-state index is 11.2. The monoisotopic (exact) mass is 175 g/mol. The molecule has 1 atom stereocenters. The van der Waals surface area contributed by atoms with Crippen LogP contribution >= 0.6 is 0 Å². The molecule has 0 saturated carbocycles. The predicted octanol–water partition coefficient (Wildman–Crippen LogP) is 2.15. The summed E-state index contributed by atoms with van der Waals surface area (Å²) in [7, 11) is 0. The quantitative estimate of drug-likeness (QED) is 0.474. The summed E-state index contributed by atoms with van der Waals surface area (Å²) in [5.41, 5.74) is 2.23. The first kappa shape index (κ1) is 8.30. The minimum atomic E-state index is 0.402. The largest absolute Gasteiger partial charge is 0.624 e. The first-order chi connectivity index (χ1) is 6.27. The Morgan fingerprint density at radius 3 is 2.54 bits per heavy atom. The van der Waals surface area contributed by atoms with Gasteiger partial charge < -0.3 is 5.21 Å². The molecule has 1 aliphatic rings. The Kier molecular flexibility index (Phi) is 2.05. The molecule has 1 heterocycles. The molecule has 0 N–H and O–H groups in total. The van der Waals surface area contributed by atoms with Crippen molar-refractivity contribution in [2.75, 3.05) is 6.54 Å². The second-order valence-corrected chi connectivity index (χ2v) is 3.61. The average molecular weight is 175 g/mol. The summed E-state index contributed by atoms with van der Waals surface area (Å²) < 4.78 is 1.11. The summed E-state index contributed by atoms with van der Waals surface area (Å²) in [4.78, 5) is 0. The summed E-state index contributed by atoms with van der Waals surface area (Å²) >= 11 is 0. The molecule has 0 saturated heterocycles. The molecule has 2 heteroatoms. The first-order valence-corrected chi connectivity index (χ1v) is 4.59. The molecular weight excluding hydrogens is 162 g/mol. The number of hydrogen-bond acceptors (Lipinski definition) is 1. The van der Waals surface area contributed by atoms with Gasteiger partial charge in [0.15, 0.2) is 12.3 Å². The summed E-state index contributed by atoms with van der Waals surface area (Å²) in [6.45, 7) is 2.53. The highest BCUT2D eigenvalue weighted by atomic mass is 16.5. The second kappa shape index (κ2) is 3.21.